The molecule has 0 aromatic rings. The number of ether oxygens (including phenoxy) is 2. The van der Waals surface area contributed by atoms with Crippen LogP contribution in [0.2, 0.25) is 0 Å². The number of fused-ring (bicyclic) bond motifs is 5. The number of hydrogen-bond donors (Lipinski definition) is 7. The molecule has 0 bridgehead atoms. The molecule has 1 saturated heterocycles. The van der Waals surface area contributed by atoms with E-state index in [2.05, 4.69) is 46.8 Å². The van der Waals surface area contributed by atoms with Crippen molar-refractivity contribution in [2.75, 3.05) is 13.2 Å². The van der Waals surface area contributed by atoms with E-state index in [9.17, 15) is 35.7 Å². The fraction of sp³-hybridized carbons (Fsp3) is 0.939. The molecule has 4 saturated carbocycles. The molecule has 0 unspecified atom stereocenters. The summed E-state index contributed by atoms with van der Waals surface area (Å²) in [6.07, 6.45) is 2.21. The van der Waals surface area contributed by atoms with Crippen LogP contribution in [-0.2, 0) is 9.47 Å². The lowest BCUT2D eigenvalue weighted by molar-refractivity contribution is -0.300. The highest BCUT2D eigenvalue weighted by atomic mass is 16.7. The Hall–Kier alpha value is -0.620. The third kappa shape index (κ3) is 5.32. The normalized spacial score (nSPS) is 52.5. The topological polar surface area (TPSA) is 160 Å². The summed E-state index contributed by atoms with van der Waals surface area (Å²) < 4.78 is 11.6. The van der Waals surface area contributed by atoms with Crippen LogP contribution in [0, 0.1) is 52.3 Å². The molecule has 0 aromatic heterocycles. The van der Waals surface area contributed by atoms with Crippen molar-refractivity contribution >= 4 is 0 Å². The lowest BCUT2D eigenvalue weighted by atomic mass is 9.42. The number of hydrogen-bond acceptors (Lipinski definition) is 9. The van der Waals surface area contributed by atoms with Gasteiger partial charge in [0.25, 0.3) is 0 Å². The summed E-state index contributed by atoms with van der Waals surface area (Å²) in [7, 11) is 0. The van der Waals surface area contributed by atoms with Gasteiger partial charge in [-0.1, -0.05) is 46.8 Å². The fourth-order valence-electron chi connectivity index (χ4n) is 10.5. The largest absolute Gasteiger partial charge is 0.396 e. The molecule has 0 spiro atoms. The molecule has 7 N–H and O–H groups in total. The first-order valence-electron chi connectivity index (χ1n) is 16.4. The third-order valence-electron chi connectivity index (χ3n) is 12.9. The Morgan fingerprint density at radius 2 is 1.57 bits per heavy atom. The first kappa shape index (κ1) is 32.8. The Bertz CT molecular complexity index is 975. The van der Waals surface area contributed by atoms with Crippen molar-refractivity contribution in [2.45, 2.75) is 128 Å². The van der Waals surface area contributed by atoms with Crippen molar-refractivity contribution in [3.63, 3.8) is 0 Å². The molecule has 0 amide bonds. The second-order valence-electron chi connectivity index (χ2n) is 15.5. The lowest BCUT2D eigenvalue weighted by Gasteiger charge is -2.66. The van der Waals surface area contributed by atoms with Crippen molar-refractivity contribution in [1.82, 2.24) is 0 Å². The first-order chi connectivity index (χ1) is 19.7. The van der Waals surface area contributed by atoms with Gasteiger partial charge in [0.1, 0.15) is 18.3 Å². The van der Waals surface area contributed by atoms with E-state index in [0.717, 1.165) is 19.3 Å². The van der Waals surface area contributed by atoms with Crippen LogP contribution in [0.5, 0.6) is 0 Å². The maximum atomic E-state index is 12.6. The van der Waals surface area contributed by atoms with E-state index in [1.807, 2.05) is 0 Å². The predicted octanol–water partition coefficient (Wildman–Crippen LogP) is 1.98. The Balaban J connectivity index is 1.33. The predicted molar refractivity (Wildman–Crippen MR) is 156 cm³/mol. The van der Waals surface area contributed by atoms with Crippen molar-refractivity contribution in [2.24, 2.45) is 52.3 Å². The second-order valence-corrected chi connectivity index (χ2v) is 15.5. The molecule has 9 nitrogen and oxygen atoms in total. The van der Waals surface area contributed by atoms with E-state index in [0.29, 0.717) is 25.2 Å². The van der Waals surface area contributed by atoms with Crippen LogP contribution >= 0.6 is 0 Å². The molecule has 16 atom stereocenters. The lowest BCUT2D eigenvalue weighted by Crippen LogP contribution is -2.68. The Kier molecular flexibility index (Phi) is 9.32. The van der Waals surface area contributed by atoms with Crippen molar-refractivity contribution < 1.29 is 45.2 Å². The summed E-state index contributed by atoms with van der Waals surface area (Å²) >= 11 is 0. The average molecular weight is 597 g/mol. The molecule has 0 aromatic carbocycles. The van der Waals surface area contributed by atoms with Gasteiger partial charge in [0.2, 0.25) is 0 Å². The van der Waals surface area contributed by atoms with Crippen molar-refractivity contribution in [1.29, 1.82) is 0 Å². The van der Waals surface area contributed by atoms with Gasteiger partial charge in [-0.2, -0.15) is 0 Å². The van der Waals surface area contributed by atoms with Gasteiger partial charge in [-0.25, -0.2) is 0 Å². The Labute approximate surface area is 250 Å². The standard InChI is InChI=1S/C33H56O9/c1-17(2)19(15-34)7-6-18(3)21-13-23(35)29-32(21,5)11-9-26-31(4)10-8-20(12-22(31)24(36)14-33(26,29)40)42-30-28(39)27(38)25(37)16-41-30/h6-7,17-30,34-40H,8-16H2,1-5H3/b7-6+/t18-,19+,20+,21-,22-,23+,24-,25-,26-,27+,28-,29-,30+,31+,32-,33+/m1/s1. The zero-order valence-electron chi connectivity index (χ0n) is 26.0. The molecule has 9 heteroatoms. The summed E-state index contributed by atoms with van der Waals surface area (Å²) in [5.41, 5.74) is -1.80. The highest BCUT2D eigenvalue weighted by Gasteiger charge is 2.70. The molecule has 5 aliphatic rings. The van der Waals surface area contributed by atoms with Crippen molar-refractivity contribution in [3.05, 3.63) is 12.2 Å². The maximum Gasteiger partial charge on any atom is 0.186 e. The molecule has 242 valence electrons. The van der Waals surface area contributed by atoms with Crippen LogP contribution in [0.3, 0.4) is 0 Å². The van der Waals surface area contributed by atoms with Gasteiger partial charge in [-0.3, -0.25) is 0 Å². The molecule has 0 radical (unpaired) electrons. The Morgan fingerprint density at radius 3 is 2.24 bits per heavy atom. The van der Waals surface area contributed by atoms with Gasteiger partial charge in [0, 0.05) is 24.9 Å². The number of aliphatic hydroxyl groups is 7. The SMILES string of the molecule is CC(C)[C@@H](/C=C/[C@@H](C)[C@H]1C[C@H](O)[C@@H]2[C@]1(C)CC[C@@H]1[C@@]3(C)CC[C@H](O[C@@H]4OC[C@@H](O)[C@H](O)[C@H]4O)C[C@@H]3[C@H](O)C[C@]12O)CO. The minimum Gasteiger partial charge on any atom is -0.396 e. The van der Waals surface area contributed by atoms with E-state index in [4.69, 9.17) is 9.47 Å². The van der Waals surface area contributed by atoms with Crippen LogP contribution in [-0.4, -0.2) is 97.5 Å². The van der Waals surface area contributed by atoms with Crippen LogP contribution in [0.4, 0.5) is 0 Å². The van der Waals surface area contributed by atoms with Crippen LogP contribution in [0.1, 0.15) is 79.6 Å². The first-order valence-corrected chi connectivity index (χ1v) is 16.4. The maximum absolute atomic E-state index is 12.6. The quantitative estimate of drug-likeness (QED) is 0.172. The van der Waals surface area contributed by atoms with Crippen LogP contribution in [0.15, 0.2) is 12.2 Å². The zero-order valence-corrected chi connectivity index (χ0v) is 26.0. The zero-order chi connectivity index (χ0) is 30.8. The van der Waals surface area contributed by atoms with Gasteiger partial charge < -0.3 is 45.2 Å². The fourth-order valence-corrected chi connectivity index (χ4v) is 10.5. The minimum absolute atomic E-state index is 0.0649. The molecule has 1 aliphatic heterocycles. The molecule has 4 aliphatic carbocycles. The highest BCUT2D eigenvalue weighted by Crippen LogP contribution is 2.69. The third-order valence-corrected chi connectivity index (χ3v) is 12.9. The highest BCUT2D eigenvalue weighted by molar-refractivity contribution is 5.20. The smallest absolute Gasteiger partial charge is 0.186 e. The van der Waals surface area contributed by atoms with E-state index < -0.39 is 42.4 Å². The molecule has 42 heavy (non-hydrogen) atoms. The average Bonchev–Trinajstić information content (AvgIpc) is 3.20. The summed E-state index contributed by atoms with van der Waals surface area (Å²) in [4.78, 5) is 0. The molecule has 5 rings (SSSR count). The van der Waals surface area contributed by atoms with Gasteiger partial charge in [-0.05, 0) is 78.9 Å². The van der Waals surface area contributed by atoms with Crippen molar-refractivity contribution in [3.8, 4) is 0 Å². The number of aliphatic hydroxyl groups excluding tert-OH is 6. The van der Waals surface area contributed by atoms with Crippen LogP contribution < -0.4 is 0 Å². The second kappa shape index (κ2) is 12.0. The van der Waals surface area contributed by atoms with E-state index in [1.54, 1.807) is 0 Å². The van der Waals surface area contributed by atoms with Gasteiger partial charge in [-0.15, -0.1) is 0 Å². The minimum atomic E-state index is -1.35. The van der Waals surface area contributed by atoms with E-state index >= 15 is 0 Å². The number of allylic oxidation sites excluding steroid dienone is 1. The molecule has 5 fully saturated rings. The summed E-state index contributed by atoms with van der Waals surface area (Å²) in [6.45, 7) is 10.8. The number of rotatable bonds is 7. The van der Waals surface area contributed by atoms with E-state index in [-0.39, 0.29) is 72.1 Å². The molecular weight excluding hydrogens is 540 g/mol. The van der Waals surface area contributed by atoms with Gasteiger partial charge in [0.15, 0.2) is 6.29 Å². The summed E-state index contributed by atoms with van der Waals surface area (Å²) in [5.74, 6) is 0.288. The van der Waals surface area contributed by atoms with Crippen LogP contribution in [0.25, 0.3) is 0 Å². The molecule has 1 heterocycles. The van der Waals surface area contributed by atoms with Gasteiger partial charge in [0.05, 0.1) is 30.5 Å². The van der Waals surface area contributed by atoms with Gasteiger partial charge >= 0.3 is 0 Å². The molecular formula is C33H56O9. The monoisotopic (exact) mass is 596 g/mol. The summed E-state index contributed by atoms with van der Waals surface area (Å²) in [5, 5.41) is 75.8. The summed E-state index contributed by atoms with van der Waals surface area (Å²) in [6, 6.07) is 0. The van der Waals surface area contributed by atoms with E-state index in [1.165, 1.54) is 0 Å². The Morgan fingerprint density at radius 1 is 0.881 bits per heavy atom.